The molecule has 0 saturated carbocycles. The van der Waals surface area contributed by atoms with Crippen molar-refractivity contribution in [3.05, 3.63) is 35.4 Å². The maximum atomic E-state index is 11.3. The molecule has 4 nitrogen and oxygen atoms in total. The van der Waals surface area contributed by atoms with Crippen molar-refractivity contribution < 1.29 is 14.6 Å². The highest BCUT2D eigenvalue weighted by Gasteiger charge is 2.23. The Hall–Kier alpha value is -1.68. The van der Waals surface area contributed by atoms with Crippen molar-refractivity contribution in [3.63, 3.8) is 0 Å². The number of rotatable bonds is 2. The Morgan fingerprint density at radius 1 is 1.29 bits per heavy atom. The molecule has 1 aliphatic rings. The number of carbonyl (C=O) groups excluding carboxylic acids is 1. The summed E-state index contributed by atoms with van der Waals surface area (Å²) in [6, 6.07) is 7.07. The van der Waals surface area contributed by atoms with E-state index in [1.807, 2.05) is 6.07 Å². The molecule has 2 rings (SSSR count). The Kier molecular flexibility index (Phi) is 2.28. The number of hydrogen-bond donors (Lipinski definition) is 1. The van der Waals surface area contributed by atoms with Gasteiger partial charge in [0.25, 0.3) is 5.91 Å². The van der Waals surface area contributed by atoms with E-state index < -0.39 is 0 Å². The predicted molar refractivity (Wildman–Crippen MR) is 50.3 cm³/mol. The van der Waals surface area contributed by atoms with Crippen molar-refractivity contribution in [2.75, 3.05) is 13.2 Å². The average Bonchev–Trinajstić information content (AvgIpc) is 2.54. The average molecular weight is 191 g/mol. The Morgan fingerprint density at radius 3 is 2.71 bits per heavy atom. The summed E-state index contributed by atoms with van der Waals surface area (Å²) in [4.78, 5) is 15.0. The van der Waals surface area contributed by atoms with Gasteiger partial charge in [-0.05, 0) is 12.1 Å². The van der Waals surface area contributed by atoms with Gasteiger partial charge >= 0.3 is 0 Å². The number of benzene rings is 1. The van der Waals surface area contributed by atoms with Gasteiger partial charge in [0.15, 0.2) is 0 Å². The Bertz CT molecular complexity index is 398. The van der Waals surface area contributed by atoms with Crippen molar-refractivity contribution in [1.29, 1.82) is 0 Å². The highest BCUT2D eigenvalue weighted by atomic mass is 16.5. The van der Waals surface area contributed by atoms with Crippen LogP contribution in [0.3, 0.4) is 0 Å². The Morgan fingerprint density at radius 2 is 2.00 bits per heavy atom. The molecule has 1 aromatic rings. The normalized spacial score (nSPS) is 13.8. The molecule has 0 aromatic heterocycles. The number of carbonyl (C=O) groups is 1. The summed E-state index contributed by atoms with van der Waals surface area (Å²) < 4.78 is 5.13. The zero-order valence-corrected chi connectivity index (χ0v) is 7.43. The standard InChI is InChI=1S/C10H9NO3/c12-5-6-14-10-8-4-2-1-3-7(8)9(13)11-10/h1-4,12H,5-6H2. The van der Waals surface area contributed by atoms with E-state index in [4.69, 9.17) is 9.84 Å². The minimum atomic E-state index is -0.284. The lowest BCUT2D eigenvalue weighted by Gasteiger charge is -2.03. The van der Waals surface area contributed by atoms with Gasteiger partial charge in [-0.2, -0.15) is 4.99 Å². The molecule has 0 spiro atoms. The predicted octanol–water partition coefficient (Wildman–Crippen LogP) is 0.596. The molecule has 0 atom stereocenters. The van der Waals surface area contributed by atoms with E-state index in [-0.39, 0.29) is 19.1 Å². The van der Waals surface area contributed by atoms with Gasteiger partial charge in [-0.25, -0.2) is 0 Å². The van der Waals surface area contributed by atoms with E-state index in [0.29, 0.717) is 17.0 Å². The second kappa shape index (κ2) is 3.59. The van der Waals surface area contributed by atoms with E-state index in [0.717, 1.165) is 0 Å². The molecule has 1 aromatic carbocycles. The Balaban J connectivity index is 2.29. The number of nitrogens with zero attached hydrogens (tertiary/aromatic N) is 1. The molecule has 4 heteroatoms. The fraction of sp³-hybridized carbons (Fsp3) is 0.200. The third-order valence-electron chi connectivity index (χ3n) is 1.92. The maximum absolute atomic E-state index is 11.3. The summed E-state index contributed by atoms with van der Waals surface area (Å²) in [5, 5.41) is 8.58. The number of aliphatic hydroxyl groups excluding tert-OH is 1. The molecule has 72 valence electrons. The summed E-state index contributed by atoms with van der Waals surface area (Å²) in [6.07, 6.45) is 0. The van der Waals surface area contributed by atoms with Crippen LogP contribution in [0.2, 0.25) is 0 Å². The zero-order chi connectivity index (χ0) is 9.97. The van der Waals surface area contributed by atoms with Gasteiger partial charge in [-0.3, -0.25) is 4.79 Å². The van der Waals surface area contributed by atoms with E-state index >= 15 is 0 Å². The summed E-state index contributed by atoms with van der Waals surface area (Å²) in [7, 11) is 0. The van der Waals surface area contributed by atoms with Crippen LogP contribution in [0.5, 0.6) is 0 Å². The van der Waals surface area contributed by atoms with Crippen LogP contribution in [0.15, 0.2) is 29.3 Å². The topological polar surface area (TPSA) is 58.9 Å². The molecule has 0 fully saturated rings. The molecule has 1 N–H and O–H groups in total. The quantitative estimate of drug-likeness (QED) is 0.744. The molecular weight excluding hydrogens is 182 g/mol. The molecule has 14 heavy (non-hydrogen) atoms. The van der Waals surface area contributed by atoms with Crippen molar-refractivity contribution >= 4 is 11.8 Å². The number of hydrogen-bond acceptors (Lipinski definition) is 3. The van der Waals surface area contributed by atoms with E-state index in [9.17, 15) is 4.79 Å². The molecule has 1 aliphatic heterocycles. The fourth-order valence-corrected chi connectivity index (χ4v) is 1.32. The van der Waals surface area contributed by atoms with E-state index in [1.54, 1.807) is 18.2 Å². The third-order valence-corrected chi connectivity index (χ3v) is 1.92. The van der Waals surface area contributed by atoms with Crippen molar-refractivity contribution in [2.45, 2.75) is 0 Å². The van der Waals surface area contributed by atoms with Crippen LogP contribution in [0.4, 0.5) is 0 Å². The summed E-state index contributed by atoms with van der Waals surface area (Å²) in [5.74, 6) is 0.0215. The lowest BCUT2D eigenvalue weighted by molar-refractivity contribution is 0.100. The van der Waals surface area contributed by atoms with Crippen LogP contribution in [0, 0.1) is 0 Å². The van der Waals surface area contributed by atoms with E-state index in [1.165, 1.54) is 0 Å². The summed E-state index contributed by atoms with van der Waals surface area (Å²) in [5.41, 5.74) is 1.26. The number of ether oxygens (including phenoxy) is 1. The highest BCUT2D eigenvalue weighted by Crippen LogP contribution is 2.18. The van der Waals surface area contributed by atoms with Crippen LogP contribution < -0.4 is 0 Å². The van der Waals surface area contributed by atoms with Crippen molar-refractivity contribution in [2.24, 2.45) is 4.99 Å². The lowest BCUT2D eigenvalue weighted by Crippen LogP contribution is -2.08. The van der Waals surface area contributed by atoms with Gasteiger partial charge < -0.3 is 9.84 Å². The van der Waals surface area contributed by atoms with Gasteiger partial charge in [-0.15, -0.1) is 0 Å². The van der Waals surface area contributed by atoms with Gasteiger partial charge in [0, 0.05) is 5.56 Å². The van der Waals surface area contributed by atoms with Crippen molar-refractivity contribution in [3.8, 4) is 0 Å². The SMILES string of the molecule is O=C1N=C(OCCO)c2ccccc21. The third kappa shape index (κ3) is 1.40. The van der Waals surface area contributed by atoms with Crippen LogP contribution >= 0.6 is 0 Å². The molecule has 1 heterocycles. The molecule has 0 aliphatic carbocycles. The van der Waals surface area contributed by atoms with Crippen LogP contribution in [0.25, 0.3) is 0 Å². The molecule has 0 unspecified atom stereocenters. The summed E-state index contributed by atoms with van der Waals surface area (Å²) >= 11 is 0. The first-order valence-electron chi connectivity index (χ1n) is 4.29. The van der Waals surface area contributed by atoms with Crippen LogP contribution in [-0.2, 0) is 4.74 Å². The number of amides is 1. The molecule has 0 bridgehead atoms. The van der Waals surface area contributed by atoms with Crippen molar-refractivity contribution in [1.82, 2.24) is 0 Å². The Labute approximate surface area is 80.8 Å². The van der Waals surface area contributed by atoms with Gasteiger partial charge in [0.2, 0.25) is 5.90 Å². The fourth-order valence-electron chi connectivity index (χ4n) is 1.32. The van der Waals surface area contributed by atoms with Gasteiger partial charge in [0.05, 0.1) is 12.2 Å². The zero-order valence-electron chi connectivity index (χ0n) is 7.43. The monoisotopic (exact) mass is 191 g/mol. The van der Waals surface area contributed by atoms with Crippen LogP contribution in [0.1, 0.15) is 15.9 Å². The first-order valence-corrected chi connectivity index (χ1v) is 4.29. The molecular formula is C10H9NO3. The first kappa shape index (κ1) is 8.90. The lowest BCUT2D eigenvalue weighted by atomic mass is 10.1. The van der Waals surface area contributed by atoms with Crippen LogP contribution in [-0.4, -0.2) is 30.1 Å². The molecule has 0 radical (unpaired) electrons. The number of aliphatic hydroxyl groups is 1. The van der Waals surface area contributed by atoms with E-state index in [2.05, 4.69) is 4.99 Å². The number of fused-ring (bicyclic) bond motifs is 1. The van der Waals surface area contributed by atoms with Gasteiger partial charge in [-0.1, -0.05) is 12.1 Å². The first-order chi connectivity index (χ1) is 6.83. The minimum Gasteiger partial charge on any atom is -0.475 e. The molecule has 1 amide bonds. The largest absolute Gasteiger partial charge is 0.475 e. The highest BCUT2D eigenvalue weighted by molar-refractivity contribution is 6.18. The number of aliphatic imine (C=N–C) groups is 1. The maximum Gasteiger partial charge on any atom is 0.281 e. The summed E-state index contributed by atoms with van der Waals surface area (Å²) in [6.45, 7) is 0.0653. The van der Waals surface area contributed by atoms with Gasteiger partial charge in [0.1, 0.15) is 6.61 Å². The minimum absolute atomic E-state index is 0.0879. The second-order valence-corrected chi connectivity index (χ2v) is 2.84. The smallest absolute Gasteiger partial charge is 0.281 e. The second-order valence-electron chi connectivity index (χ2n) is 2.84. The molecule has 0 saturated heterocycles.